The molecule has 2 aromatic carbocycles. The van der Waals surface area contributed by atoms with Crippen LogP contribution < -0.4 is 10.1 Å². The number of fused-ring (bicyclic) bond motifs is 1. The lowest BCUT2D eigenvalue weighted by Crippen LogP contribution is -2.18. The number of rotatable bonds is 2. The molecule has 0 spiro atoms. The molecule has 0 aromatic heterocycles. The van der Waals surface area contributed by atoms with E-state index in [-0.39, 0.29) is 0 Å². The molecule has 0 bridgehead atoms. The number of aryl methyl sites for hydroxylation is 1. The molecule has 1 aliphatic rings. The summed E-state index contributed by atoms with van der Waals surface area (Å²) in [7, 11) is 1.65. The molecule has 2 aromatic rings. The summed E-state index contributed by atoms with van der Waals surface area (Å²) in [5, 5.41) is 3.16. The van der Waals surface area contributed by atoms with Gasteiger partial charge < -0.3 is 14.8 Å². The number of nitrogens with zero attached hydrogens (tertiary/aromatic N) is 1. The number of ether oxygens (including phenoxy) is 2. The summed E-state index contributed by atoms with van der Waals surface area (Å²) >= 11 is 0. The highest BCUT2D eigenvalue weighted by Gasteiger charge is 2.13. The van der Waals surface area contributed by atoms with Crippen LogP contribution in [0.1, 0.15) is 11.1 Å². The molecule has 20 heavy (non-hydrogen) atoms. The van der Waals surface area contributed by atoms with Gasteiger partial charge in [-0.2, -0.15) is 4.99 Å². The van der Waals surface area contributed by atoms with Gasteiger partial charge in [-0.1, -0.05) is 17.7 Å². The Bertz CT molecular complexity index is 648. The Balaban J connectivity index is 1.79. The van der Waals surface area contributed by atoms with E-state index in [9.17, 15) is 0 Å². The first-order valence-electron chi connectivity index (χ1n) is 6.47. The van der Waals surface area contributed by atoms with Crippen LogP contribution in [0.15, 0.2) is 47.5 Å². The van der Waals surface area contributed by atoms with Gasteiger partial charge in [0.2, 0.25) is 0 Å². The first-order chi connectivity index (χ1) is 9.74. The second-order valence-corrected chi connectivity index (χ2v) is 4.69. The standard InChI is InChI=1S/C16H16N2O2/c1-11-3-8-15-12(9-11)10-20-16(18-15)17-13-4-6-14(19-2)7-5-13/h3-9H,10H2,1-2H3,(H,17,18). The molecule has 0 unspecified atom stereocenters. The zero-order chi connectivity index (χ0) is 13.9. The van der Waals surface area contributed by atoms with Crippen LogP contribution >= 0.6 is 0 Å². The molecule has 0 aliphatic carbocycles. The van der Waals surface area contributed by atoms with Crippen molar-refractivity contribution in [2.24, 2.45) is 4.99 Å². The minimum atomic E-state index is 0.520. The summed E-state index contributed by atoms with van der Waals surface area (Å²) in [6.07, 6.45) is 0. The minimum Gasteiger partial charge on any atom is -0.497 e. The van der Waals surface area contributed by atoms with Crippen LogP contribution in [-0.2, 0) is 11.3 Å². The number of hydrogen-bond donors (Lipinski definition) is 1. The van der Waals surface area contributed by atoms with Crippen LogP contribution in [0.4, 0.5) is 11.4 Å². The maximum absolute atomic E-state index is 5.63. The summed E-state index contributed by atoms with van der Waals surface area (Å²) in [5.41, 5.74) is 4.21. The normalized spacial score (nSPS) is 13.0. The summed E-state index contributed by atoms with van der Waals surface area (Å²) < 4.78 is 10.8. The van der Waals surface area contributed by atoms with Gasteiger partial charge in [0.25, 0.3) is 6.02 Å². The Morgan fingerprint density at radius 1 is 1.15 bits per heavy atom. The molecule has 0 saturated carbocycles. The van der Waals surface area contributed by atoms with Crippen LogP contribution in [0.2, 0.25) is 0 Å². The quantitative estimate of drug-likeness (QED) is 0.904. The fraction of sp³-hybridized carbons (Fsp3) is 0.188. The van der Waals surface area contributed by atoms with Gasteiger partial charge in [-0.25, -0.2) is 0 Å². The molecule has 1 heterocycles. The third-order valence-electron chi connectivity index (χ3n) is 3.16. The number of amidine groups is 1. The Morgan fingerprint density at radius 3 is 2.70 bits per heavy atom. The molecule has 0 atom stereocenters. The van der Waals surface area contributed by atoms with E-state index in [2.05, 4.69) is 29.4 Å². The summed E-state index contributed by atoms with van der Waals surface area (Å²) in [6.45, 7) is 2.61. The van der Waals surface area contributed by atoms with E-state index < -0.39 is 0 Å². The van der Waals surface area contributed by atoms with Gasteiger partial charge in [0.15, 0.2) is 0 Å². The van der Waals surface area contributed by atoms with Crippen molar-refractivity contribution in [1.29, 1.82) is 0 Å². The van der Waals surface area contributed by atoms with Crippen molar-refractivity contribution in [3.8, 4) is 5.75 Å². The number of benzene rings is 2. The average molecular weight is 268 g/mol. The summed E-state index contributed by atoms with van der Waals surface area (Å²) in [4.78, 5) is 4.48. The molecule has 102 valence electrons. The molecule has 4 nitrogen and oxygen atoms in total. The van der Waals surface area contributed by atoms with Crippen molar-refractivity contribution in [3.63, 3.8) is 0 Å². The minimum absolute atomic E-state index is 0.520. The second kappa shape index (κ2) is 5.25. The van der Waals surface area contributed by atoms with E-state index in [4.69, 9.17) is 9.47 Å². The molecule has 1 aliphatic heterocycles. The van der Waals surface area contributed by atoms with Crippen molar-refractivity contribution in [1.82, 2.24) is 0 Å². The van der Waals surface area contributed by atoms with E-state index in [1.807, 2.05) is 30.3 Å². The lowest BCUT2D eigenvalue weighted by molar-refractivity contribution is 0.286. The van der Waals surface area contributed by atoms with Crippen molar-refractivity contribution in [2.75, 3.05) is 12.4 Å². The summed E-state index contributed by atoms with van der Waals surface area (Å²) in [6, 6.07) is 14.3. The molecule has 0 saturated heterocycles. The van der Waals surface area contributed by atoms with Crippen molar-refractivity contribution < 1.29 is 9.47 Å². The van der Waals surface area contributed by atoms with Gasteiger partial charge in [0.1, 0.15) is 12.4 Å². The van der Waals surface area contributed by atoms with Crippen molar-refractivity contribution in [2.45, 2.75) is 13.5 Å². The molecule has 0 amide bonds. The molecule has 0 radical (unpaired) electrons. The number of aliphatic imine (C=N–C) groups is 1. The Labute approximate surface area is 118 Å². The first kappa shape index (κ1) is 12.5. The average Bonchev–Trinajstić information content (AvgIpc) is 2.48. The van der Waals surface area contributed by atoms with E-state index >= 15 is 0 Å². The zero-order valence-electron chi connectivity index (χ0n) is 11.5. The van der Waals surface area contributed by atoms with Crippen molar-refractivity contribution in [3.05, 3.63) is 53.6 Å². The van der Waals surface area contributed by atoms with Crippen LogP contribution in [0.25, 0.3) is 0 Å². The third kappa shape index (κ3) is 2.59. The first-order valence-corrected chi connectivity index (χ1v) is 6.47. The van der Waals surface area contributed by atoms with Gasteiger partial charge in [0, 0.05) is 11.3 Å². The number of nitrogens with one attached hydrogen (secondary N) is 1. The topological polar surface area (TPSA) is 42.8 Å². The van der Waals surface area contributed by atoms with Gasteiger partial charge in [-0.15, -0.1) is 0 Å². The van der Waals surface area contributed by atoms with Gasteiger partial charge in [-0.3, -0.25) is 0 Å². The van der Waals surface area contributed by atoms with Crippen LogP contribution in [0.5, 0.6) is 5.75 Å². The number of methoxy groups -OCH3 is 1. The van der Waals surface area contributed by atoms with E-state index in [0.717, 1.165) is 22.7 Å². The predicted molar refractivity (Wildman–Crippen MR) is 79.7 cm³/mol. The Kier molecular flexibility index (Phi) is 3.29. The van der Waals surface area contributed by atoms with E-state index in [1.165, 1.54) is 5.56 Å². The Hall–Kier alpha value is -2.49. The molecule has 1 N–H and O–H groups in total. The summed E-state index contributed by atoms with van der Waals surface area (Å²) in [5.74, 6) is 0.822. The van der Waals surface area contributed by atoms with Crippen LogP contribution in [-0.4, -0.2) is 13.1 Å². The fourth-order valence-electron chi connectivity index (χ4n) is 2.09. The highest BCUT2D eigenvalue weighted by Crippen LogP contribution is 2.26. The van der Waals surface area contributed by atoms with Crippen LogP contribution in [0.3, 0.4) is 0 Å². The smallest absolute Gasteiger partial charge is 0.294 e. The second-order valence-electron chi connectivity index (χ2n) is 4.69. The largest absolute Gasteiger partial charge is 0.497 e. The van der Waals surface area contributed by atoms with E-state index in [0.29, 0.717) is 12.6 Å². The van der Waals surface area contributed by atoms with Crippen molar-refractivity contribution >= 4 is 17.4 Å². The SMILES string of the molecule is COc1ccc(NC2=Nc3ccc(C)cc3CO2)cc1. The molecule has 0 fully saturated rings. The zero-order valence-corrected chi connectivity index (χ0v) is 11.5. The number of anilines is 1. The lowest BCUT2D eigenvalue weighted by atomic mass is 10.1. The van der Waals surface area contributed by atoms with Gasteiger partial charge in [-0.05, 0) is 37.3 Å². The Morgan fingerprint density at radius 2 is 1.95 bits per heavy atom. The fourth-order valence-corrected chi connectivity index (χ4v) is 2.09. The van der Waals surface area contributed by atoms with E-state index in [1.54, 1.807) is 7.11 Å². The van der Waals surface area contributed by atoms with Gasteiger partial charge >= 0.3 is 0 Å². The van der Waals surface area contributed by atoms with Crippen LogP contribution in [0, 0.1) is 6.92 Å². The molecular formula is C16H16N2O2. The molecular weight excluding hydrogens is 252 g/mol. The maximum atomic E-state index is 5.63. The van der Waals surface area contributed by atoms with Gasteiger partial charge in [0.05, 0.1) is 12.8 Å². The highest BCUT2D eigenvalue weighted by molar-refractivity contribution is 5.92. The maximum Gasteiger partial charge on any atom is 0.294 e. The third-order valence-corrected chi connectivity index (χ3v) is 3.16. The number of hydrogen-bond acceptors (Lipinski definition) is 4. The predicted octanol–water partition coefficient (Wildman–Crippen LogP) is 3.63. The lowest BCUT2D eigenvalue weighted by Gasteiger charge is -2.18. The monoisotopic (exact) mass is 268 g/mol. The molecule has 4 heteroatoms. The molecule has 3 rings (SSSR count). The highest BCUT2D eigenvalue weighted by atomic mass is 16.5.